The molecule has 1 saturated heterocycles. The van der Waals surface area contributed by atoms with E-state index in [2.05, 4.69) is 43.8 Å². The van der Waals surface area contributed by atoms with Gasteiger partial charge in [0.05, 0.1) is 11.1 Å². The standard InChI is InChI=1S/C22H22BrIN2O4/c1-3-9-26-21(27)18(25-22(26)28)11-15-10-17(23)20(19(12-15)29-4-2)30-13-14-5-7-16(24)8-6-14/h5-8,10-12H,3-4,9,13H2,1-2H3,(H,25,28)/b18-11+. The second-order valence-corrected chi connectivity index (χ2v) is 8.72. The number of rotatable bonds is 8. The van der Waals surface area contributed by atoms with E-state index in [0.29, 0.717) is 47.7 Å². The molecule has 0 spiro atoms. The van der Waals surface area contributed by atoms with E-state index in [9.17, 15) is 9.59 Å². The van der Waals surface area contributed by atoms with Crippen molar-refractivity contribution in [2.24, 2.45) is 0 Å². The van der Waals surface area contributed by atoms with Crippen LogP contribution >= 0.6 is 38.5 Å². The molecule has 1 aliphatic rings. The molecule has 0 aliphatic carbocycles. The summed E-state index contributed by atoms with van der Waals surface area (Å²) in [5.41, 5.74) is 2.01. The summed E-state index contributed by atoms with van der Waals surface area (Å²) in [6, 6.07) is 11.3. The third-order valence-corrected chi connectivity index (χ3v) is 5.66. The quantitative estimate of drug-likeness (QED) is 0.259. The van der Waals surface area contributed by atoms with E-state index in [1.165, 1.54) is 4.90 Å². The average molecular weight is 585 g/mol. The summed E-state index contributed by atoms with van der Waals surface area (Å²) in [5, 5.41) is 2.63. The number of benzene rings is 2. The molecule has 0 bridgehead atoms. The highest BCUT2D eigenvalue weighted by atomic mass is 127. The smallest absolute Gasteiger partial charge is 0.329 e. The molecule has 6 nitrogen and oxygen atoms in total. The fourth-order valence-electron chi connectivity index (χ4n) is 2.98. The SMILES string of the molecule is CCCN1C(=O)N/C(=C/c2cc(Br)c(OCc3ccc(I)cc3)c(OCC)c2)C1=O. The van der Waals surface area contributed by atoms with Gasteiger partial charge in [-0.05, 0) is 93.3 Å². The first kappa shape index (κ1) is 22.6. The number of carbonyl (C=O) groups excluding carboxylic acids is 2. The van der Waals surface area contributed by atoms with Crippen LogP contribution in [0.1, 0.15) is 31.4 Å². The van der Waals surface area contributed by atoms with Crippen LogP contribution in [0.3, 0.4) is 0 Å². The van der Waals surface area contributed by atoms with E-state index >= 15 is 0 Å². The molecule has 1 heterocycles. The fourth-order valence-corrected chi connectivity index (χ4v) is 3.91. The third kappa shape index (κ3) is 5.34. The Kier molecular flexibility index (Phi) is 7.76. The highest BCUT2D eigenvalue weighted by Crippen LogP contribution is 2.38. The zero-order valence-electron chi connectivity index (χ0n) is 16.7. The minimum absolute atomic E-state index is 0.246. The summed E-state index contributed by atoms with van der Waals surface area (Å²) < 4.78 is 13.7. The molecule has 0 radical (unpaired) electrons. The molecule has 0 atom stereocenters. The predicted molar refractivity (Wildman–Crippen MR) is 127 cm³/mol. The minimum atomic E-state index is -0.394. The van der Waals surface area contributed by atoms with Gasteiger partial charge >= 0.3 is 6.03 Å². The fraction of sp³-hybridized carbons (Fsp3) is 0.273. The molecule has 2 aromatic rings. The van der Waals surface area contributed by atoms with Crippen LogP contribution in [0.5, 0.6) is 11.5 Å². The van der Waals surface area contributed by atoms with Gasteiger partial charge in [-0.25, -0.2) is 4.79 Å². The van der Waals surface area contributed by atoms with Gasteiger partial charge in [0.2, 0.25) is 0 Å². The maximum atomic E-state index is 12.5. The lowest BCUT2D eigenvalue weighted by atomic mass is 10.1. The Bertz CT molecular complexity index is 976. The third-order valence-electron chi connectivity index (χ3n) is 4.35. The Balaban J connectivity index is 1.85. The molecule has 1 aliphatic heterocycles. The van der Waals surface area contributed by atoms with E-state index in [0.717, 1.165) is 9.13 Å². The normalized spacial score (nSPS) is 14.9. The summed E-state index contributed by atoms with van der Waals surface area (Å²) in [5.74, 6) is 0.827. The van der Waals surface area contributed by atoms with Gasteiger partial charge in [-0.2, -0.15) is 0 Å². The van der Waals surface area contributed by atoms with Crippen molar-refractivity contribution < 1.29 is 19.1 Å². The molecule has 1 N–H and O–H groups in total. The Morgan fingerprint density at radius 1 is 1.13 bits per heavy atom. The maximum absolute atomic E-state index is 12.5. The molecule has 3 rings (SSSR count). The minimum Gasteiger partial charge on any atom is -0.490 e. The van der Waals surface area contributed by atoms with Crippen molar-refractivity contribution in [3.63, 3.8) is 0 Å². The summed E-state index contributed by atoms with van der Waals surface area (Å²) >= 11 is 5.81. The summed E-state index contributed by atoms with van der Waals surface area (Å²) in [6.45, 7) is 5.07. The van der Waals surface area contributed by atoms with E-state index in [1.807, 2.05) is 44.2 Å². The van der Waals surface area contributed by atoms with Gasteiger partial charge in [0.25, 0.3) is 5.91 Å². The maximum Gasteiger partial charge on any atom is 0.329 e. The van der Waals surface area contributed by atoms with Gasteiger partial charge in [-0.15, -0.1) is 0 Å². The lowest BCUT2D eigenvalue weighted by Crippen LogP contribution is -2.31. The van der Waals surface area contributed by atoms with Crippen LogP contribution in [0.4, 0.5) is 4.79 Å². The number of hydrogen-bond donors (Lipinski definition) is 1. The number of nitrogens with zero attached hydrogens (tertiary/aromatic N) is 1. The van der Waals surface area contributed by atoms with E-state index in [-0.39, 0.29) is 11.6 Å². The van der Waals surface area contributed by atoms with Crippen LogP contribution in [-0.4, -0.2) is 30.0 Å². The van der Waals surface area contributed by atoms with Crippen molar-refractivity contribution in [1.82, 2.24) is 10.2 Å². The molecule has 158 valence electrons. The molecule has 0 saturated carbocycles. The van der Waals surface area contributed by atoms with Crippen molar-refractivity contribution in [3.8, 4) is 11.5 Å². The number of ether oxygens (including phenoxy) is 2. The zero-order valence-corrected chi connectivity index (χ0v) is 20.4. The number of amides is 3. The first-order valence-electron chi connectivity index (χ1n) is 9.61. The van der Waals surface area contributed by atoms with Crippen LogP contribution in [0.15, 0.2) is 46.6 Å². The molecule has 8 heteroatoms. The Labute approximate surface area is 197 Å². The van der Waals surface area contributed by atoms with Gasteiger partial charge in [-0.3, -0.25) is 9.69 Å². The van der Waals surface area contributed by atoms with E-state index in [4.69, 9.17) is 9.47 Å². The predicted octanol–water partition coefficient (Wildman–Crippen LogP) is 5.33. The lowest BCUT2D eigenvalue weighted by Gasteiger charge is -2.15. The molecule has 2 aromatic carbocycles. The molecular formula is C22H22BrIN2O4. The summed E-state index contributed by atoms with van der Waals surface area (Å²) in [4.78, 5) is 25.7. The van der Waals surface area contributed by atoms with Crippen molar-refractivity contribution in [2.45, 2.75) is 26.9 Å². The molecule has 3 amide bonds. The summed E-state index contributed by atoms with van der Waals surface area (Å²) in [7, 11) is 0. The Morgan fingerprint density at radius 3 is 2.53 bits per heavy atom. The number of nitrogens with one attached hydrogen (secondary N) is 1. The number of imide groups is 1. The molecule has 1 fully saturated rings. The number of halogens is 2. The van der Waals surface area contributed by atoms with E-state index in [1.54, 1.807) is 12.1 Å². The molecular weight excluding hydrogens is 563 g/mol. The van der Waals surface area contributed by atoms with Crippen molar-refractivity contribution in [1.29, 1.82) is 0 Å². The van der Waals surface area contributed by atoms with Crippen LogP contribution in [0, 0.1) is 3.57 Å². The second-order valence-electron chi connectivity index (χ2n) is 6.62. The van der Waals surface area contributed by atoms with Crippen molar-refractivity contribution >= 4 is 56.5 Å². The Hall–Kier alpha value is -2.07. The lowest BCUT2D eigenvalue weighted by molar-refractivity contribution is -0.122. The molecule has 0 aromatic heterocycles. The van der Waals surface area contributed by atoms with Gasteiger partial charge in [0.1, 0.15) is 12.3 Å². The van der Waals surface area contributed by atoms with Crippen molar-refractivity contribution in [3.05, 3.63) is 61.3 Å². The van der Waals surface area contributed by atoms with Crippen LogP contribution in [-0.2, 0) is 11.4 Å². The topological polar surface area (TPSA) is 67.9 Å². The highest BCUT2D eigenvalue weighted by Gasteiger charge is 2.32. The number of urea groups is 1. The average Bonchev–Trinajstić information content (AvgIpc) is 2.97. The first-order chi connectivity index (χ1) is 14.4. The van der Waals surface area contributed by atoms with Crippen LogP contribution in [0.2, 0.25) is 0 Å². The van der Waals surface area contributed by atoms with Crippen LogP contribution < -0.4 is 14.8 Å². The van der Waals surface area contributed by atoms with Crippen molar-refractivity contribution in [2.75, 3.05) is 13.2 Å². The van der Waals surface area contributed by atoms with E-state index < -0.39 is 6.03 Å². The van der Waals surface area contributed by atoms with Gasteiger partial charge in [0, 0.05) is 10.1 Å². The Morgan fingerprint density at radius 2 is 1.87 bits per heavy atom. The monoisotopic (exact) mass is 584 g/mol. The molecule has 0 unspecified atom stereocenters. The zero-order chi connectivity index (χ0) is 21.7. The highest BCUT2D eigenvalue weighted by molar-refractivity contribution is 14.1. The van der Waals surface area contributed by atoms with Gasteiger partial charge in [0.15, 0.2) is 11.5 Å². The largest absolute Gasteiger partial charge is 0.490 e. The summed E-state index contributed by atoms with van der Waals surface area (Å²) in [6.07, 6.45) is 2.35. The van der Waals surface area contributed by atoms with Gasteiger partial charge in [-0.1, -0.05) is 19.1 Å². The second kappa shape index (κ2) is 10.3. The number of hydrogen-bond acceptors (Lipinski definition) is 4. The first-order valence-corrected chi connectivity index (χ1v) is 11.5. The number of carbonyl (C=O) groups is 2. The molecule has 30 heavy (non-hydrogen) atoms. The van der Waals surface area contributed by atoms with Gasteiger partial charge < -0.3 is 14.8 Å². The van der Waals surface area contributed by atoms with Crippen LogP contribution in [0.25, 0.3) is 6.08 Å².